The first-order chi connectivity index (χ1) is 8.39. The van der Waals surface area contributed by atoms with Gasteiger partial charge in [-0.05, 0) is 60.6 Å². The van der Waals surface area contributed by atoms with Crippen molar-refractivity contribution in [3.63, 3.8) is 0 Å². The van der Waals surface area contributed by atoms with Crippen LogP contribution in [0.1, 0.15) is 27.7 Å². The van der Waals surface area contributed by atoms with Gasteiger partial charge in [0.2, 0.25) is 0 Å². The molecular weight excluding hydrogens is 335 g/mol. The van der Waals surface area contributed by atoms with E-state index in [1.807, 2.05) is 0 Å². The molecule has 1 unspecified atom stereocenters. The lowest BCUT2D eigenvalue weighted by molar-refractivity contribution is 0.277. The standard InChI is InChI=1S/C15H23IN2/c1-11(2)14-9-17-15(3,4)10-18(14)13-7-5-6-12(16)8-13/h5-8,11,14,17H,9-10H2,1-4H3. The minimum absolute atomic E-state index is 0.187. The van der Waals surface area contributed by atoms with Crippen molar-refractivity contribution in [3.8, 4) is 0 Å². The SMILES string of the molecule is CC(C)C1CNC(C)(C)CN1c1cccc(I)c1. The van der Waals surface area contributed by atoms with E-state index in [9.17, 15) is 0 Å². The Balaban J connectivity index is 2.30. The van der Waals surface area contributed by atoms with Gasteiger partial charge < -0.3 is 10.2 Å². The van der Waals surface area contributed by atoms with E-state index in [2.05, 4.69) is 84.8 Å². The first-order valence-electron chi connectivity index (χ1n) is 6.66. The molecule has 0 aliphatic carbocycles. The van der Waals surface area contributed by atoms with Crippen LogP contribution in [0.4, 0.5) is 5.69 Å². The molecule has 100 valence electrons. The fourth-order valence-corrected chi connectivity index (χ4v) is 3.15. The van der Waals surface area contributed by atoms with Crippen molar-refractivity contribution in [1.82, 2.24) is 5.32 Å². The smallest absolute Gasteiger partial charge is 0.0438 e. The van der Waals surface area contributed by atoms with Gasteiger partial charge in [-0.15, -0.1) is 0 Å². The van der Waals surface area contributed by atoms with Gasteiger partial charge in [-0.25, -0.2) is 0 Å². The van der Waals surface area contributed by atoms with Gasteiger partial charge in [0.15, 0.2) is 0 Å². The van der Waals surface area contributed by atoms with E-state index < -0.39 is 0 Å². The van der Waals surface area contributed by atoms with Crippen LogP contribution >= 0.6 is 22.6 Å². The molecule has 0 aromatic heterocycles. The van der Waals surface area contributed by atoms with E-state index in [4.69, 9.17) is 0 Å². The molecule has 1 aliphatic rings. The van der Waals surface area contributed by atoms with Crippen LogP contribution in [-0.2, 0) is 0 Å². The average molecular weight is 358 g/mol. The fraction of sp³-hybridized carbons (Fsp3) is 0.600. The monoisotopic (exact) mass is 358 g/mol. The summed E-state index contributed by atoms with van der Waals surface area (Å²) >= 11 is 2.39. The van der Waals surface area contributed by atoms with Crippen LogP contribution in [0.15, 0.2) is 24.3 Å². The zero-order valence-corrected chi connectivity index (χ0v) is 13.9. The largest absolute Gasteiger partial charge is 0.365 e. The van der Waals surface area contributed by atoms with Crippen molar-refractivity contribution in [2.45, 2.75) is 39.3 Å². The lowest BCUT2D eigenvalue weighted by Crippen LogP contribution is -2.63. The van der Waals surface area contributed by atoms with Crippen molar-refractivity contribution in [2.24, 2.45) is 5.92 Å². The Morgan fingerprint density at radius 1 is 1.39 bits per heavy atom. The Morgan fingerprint density at radius 2 is 2.11 bits per heavy atom. The van der Waals surface area contributed by atoms with E-state index in [1.54, 1.807) is 0 Å². The number of anilines is 1. The first-order valence-corrected chi connectivity index (χ1v) is 7.74. The number of rotatable bonds is 2. The molecule has 0 amide bonds. The second-order valence-electron chi connectivity index (χ2n) is 6.18. The second-order valence-corrected chi connectivity index (χ2v) is 7.43. The van der Waals surface area contributed by atoms with Crippen LogP contribution in [0.3, 0.4) is 0 Å². The van der Waals surface area contributed by atoms with Crippen molar-refractivity contribution in [3.05, 3.63) is 27.8 Å². The van der Waals surface area contributed by atoms with Crippen LogP contribution in [0.2, 0.25) is 0 Å². The highest BCUT2D eigenvalue weighted by Crippen LogP contribution is 2.27. The number of halogens is 1. The fourth-order valence-electron chi connectivity index (χ4n) is 2.62. The molecule has 1 aliphatic heterocycles. The maximum absolute atomic E-state index is 3.66. The summed E-state index contributed by atoms with van der Waals surface area (Å²) in [5.74, 6) is 0.659. The van der Waals surface area contributed by atoms with Gasteiger partial charge >= 0.3 is 0 Å². The molecule has 1 atom stereocenters. The summed E-state index contributed by atoms with van der Waals surface area (Å²) in [4.78, 5) is 2.57. The van der Waals surface area contributed by atoms with E-state index >= 15 is 0 Å². The Morgan fingerprint density at radius 3 is 2.72 bits per heavy atom. The lowest BCUT2D eigenvalue weighted by Gasteiger charge is -2.47. The molecule has 1 fully saturated rings. The van der Waals surface area contributed by atoms with Crippen LogP contribution in [0.5, 0.6) is 0 Å². The molecule has 0 radical (unpaired) electrons. The first kappa shape index (κ1) is 14.1. The zero-order chi connectivity index (χ0) is 13.3. The summed E-state index contributed by atoms with van der Waals surface area (Å²) in [7, 11) is 0. The third kappa shape index (κ3) is 3.18. The van der Waals surface area contributed by atoms with E-state index in [0.29, 0.717) is 12.0 Å². The van der Waals surface area contributed by atoms with E-state index in [0.717, 1.165) is 13.1 Å². The predicted octanol–water partition coefficient (Wildman–Crippen LogP) is 3.50. The molecule has 1 aromatic rings. The number of piperazine rings is 1. The highest BCUT2D eigenvalue weighted by molar-refractivity contribution is 14.1. The van der Waals surface area contributed by atoms with Gasteiger partial charge in [-0.1, -0.05) is 19.9 Å². The number of nitrogens with one attached hydrogen (secondary N) is 1. The maximum Gasteiger partial charge on any atom is 0.0438 e. The Hall–Kier alpha value is -0.290. The molecule has 18 heavy (non-hydrogen) atoms. The topological polar surface area (TPSA) is 15.3 Å². The second kappa shape index (κ2) is 5.37. The highest BCUT2D eigenvalue weighted by Gasteiger charge is 2.33. The third-order valence-electron chi connectivity index (χ3n) is 3.67. The summed E-state index contributed by atoms with van der Waals surface area (Å²) in [6.45, 7) is 11.3. The van der Waals surface area contributed by atoms with Crippen LogP contribution in [0.25, 0.3) is 0 Å². The number of hydrogen-bond donors (Lipinski definition) is 1. The van der Waals surface area contributed by atoms with Gasteiger partial charge in [-0.3, -0.25) is 0 Å². The van der Waals surface area contributed by atoms with Crippen LogP contribution < -0.4 is 10.2 Å². The van der Waals surface area contributed by atoms with Crippen molar-refractivity contribution >= 4 is 28.3 Å². The molecule has 1 aromatic carbocycles. The summed E-state index contributed by atoms with van der Waals surface area (Å²) in [5.41, 5.74) is 1.54. The third-order valence-corrected chi connectivity index (χ3v) is 4.34. The summed E-state index contributed by atoms with van der Waals surface area (Å²) < 4.78 is 1.31. The molecule has 1 heterocycles. The molecule has 2 nitrogen and oxygen atoms in total. The van der Waals surface area contributed by atoms with Crippen molar-refractivity contribution in [1.29, 1.82) is 0 Å². The van der Waals surface area contributed by atoms with E-state index in [-0.39, 0.29) is 5.54 Å². The van der Waals surface area contributed by atoms with E-state index in [1.165, 1.54) is 9.26 Å². The summed E-state index contributed by atoms with van der Waals surface area (Å²) in [5, 5.41) is 3.66. The Kier molecular flexibility index (Phi) is 4.22. The van der Waals surface area contributed by atoms with Crippen molar-refractivity contribution in [2.75, 3.05) is 18.0 Å². The Bertz CT molecular complexity index is 415. The molecule has 0 bridgehead atoms. The van der Waals surface area contributed by atoms with Gasteiger partial charge in [0, 0.05) is 33.9 Å². The maximum atomic E-state index is 3.66. The zero-order valence-electron chi connectivity index (χ0n) is 11.7. The van der Waals surface area contributed by atoms with Crippen LogP contribution in [-0.4, -0.2) is 24.7 Å². The molecular formula is C15H23IN2. The Labute approximate surface area is 124 Å². The highest BCUT2D eigenvalue weighted by atomic mass is 127. The summed E-state index contributed by atoms with van der Waals surface area (Å²) in [6, 6.07) is 9.41. The number of benzene rings is 1. The molecule has 0 spiro atoms. The minimum atomic E-state index is 0.187. The van der Waals surface area contributed by atoms with Crippen molar-refractivity contribution < 1.29 is 0 Å². The van der Waals surface area contributed by atoms with Gasteiger partial charge in [0.05, 0.1) is 0 Å². The quantitative estimate of drug-likeness (QED) is 0.814. The summed E-state index contributed by atoms with van der Waals surface area (Å²) in [6.07, 6.45) is 0. The minimum Gasteiger partial charge on any atom is -0.365 e. The molecule has 0 saturated carbocycles. The van der Waals surface area contributed by atoms with Crippen LogP contribution in [0, 0.1) is 9.49 Å². The molecule has 1 saturated heterocycles. The molecule has 3 heteroatoms. The van der Waals surface area contributed by atoms with Gasteiger partial charge in [-0.2, -0.15) is 0 Å². The number of nitrogens with zero attached hydrogens (tertiary/aromatic N) is 1. The molecule has 1 N–H and O–H groups in total. The van der Waals surface area contributed by atoms with Gasteiger partial charge in [0.1, 0.15) is 0 Å². The number of hydrogen-bond acceptors (Lipinski definition) is 2. The average Bonchev–Trinajstić information content (AvgIpc) is 2.27. The lowest BCUT2D eigenvalue weighted by atomic mass is 9.92. The predicted molar refractivity (Wildman–Crippen MR) is 87.2 cm³/mol. The normalized spacial score (nSPS) is 23.4. The molecule has 2 rings (SSSR count). The van der Waals surface area contributed by atoms with Gasteiger partial charge in [0.25, 0.3) is 0 Å².